The Hall–Kier alpha value is -6.64. The number of sulfonamides is 1. The number of nitrogens with zero attached hydrogens (tertiary/aromatic N) is 1. The van der Waals surface area contributed by atoms with E-state index >= 15 is 0 Å². The van der Waals surface area contributed by atoms with E-state index in [4.69, 9.17) is 18.9 Å². The summed E-state index contributed by atoms with van der Waals surface area (Å²) in [5.41, 5.74) is 9.80. The van der Waals surface area contributed by atoms with E-state index in [9.17, 15) is 18.3 Å². The van der Waals surface area contributed by atoms with E-state index in [0.29, 0.717) is 23.2 Å². The molecule has 344 valence electrons. The van der Waals surface area contributed by atoms with Gasteiger partial charge < -0.3 is 24.3 Å². The molecule has 8 aromatic rings. The van der Waals surface area contributed by atoms with Gasteiger partial charge in [0.1, 0.15) is 11.7 Å². The number of oxazole rings is 1. The molecule has 1 amide bonds. The molecule has 4 atom stereocenters. The molecular weight excluding hydrogens is 891 g/mol. The molecule has 1 aliphatic heterocycles. The number of benzene rings is 7. The third-order valence-electron chi connectivity index (χ3n) is 11.9. The molecule has 1 aromatic heterocycles. The molecule has 12 heteroatoms. The molecule has 9 rings (SSSR count). The Bertz CT molecular complexity index is 2970. The SMILES string of the molecule is Cc1ccc(S(=O)(=O)NC(Cc2ccccc2)C(=O)NCc2ccccc2-c2ccc(C3OC(CSc4nc(-c5ccccc5)c(-c5ccccc5)o4)CC(c4ccc(CO)cc4)O3)cc2)cc1. The Morgan fingerprint density at radius 1 is 0.706 bits per heavy atom. The van der Waals surface area contributed by atoms with E-state index in [1.54, 1.807) is 24.3 Å². The summed E-state index contributed by atoms with van der Waals surface area (Å²) in [4.78, 5) is 19.0. The first-order valence-electron chi connectivity index (χ1n) is 22.5. The van der Waals surface area contributed by atoms with Gasteiger partial charge >= 0.3 is 0 Å². The van der Waals surface area contributed by atoms with E-state index in [0.717, 1.165) is 61.3 Å². The van der Waals surface area contributed by atoms with Crippen LogP contribution in [0.5, 0.6) is 0 Å². The van der Waals surface area contributed by atoms with Crippen LogP contribution in [0.15, 0.2) is 203 Å². The standard InChI is InChI=1S/C56H51N3O7S2/c1-38-21-31-48(32-22-38)68(62,63)59-50(33-39-13-5-2-6-14-39)54(61)57-35-46-19-11-12-20-49(46)41-27-29-45(30-28-41)55-64-47(34-51(65-55)42-25-23-40(36-60)24-26-42)37-67-56-58-52(43-15-7-3-8-16-43)53(66-56)44-17-9-4-10-18-44/h2-32,47,50-51,55,59-60H,33-37H2,1H3,(H,57,61). The molecule has 10 nitrogen and oxygen atoms in total. The van der Waals surface area contributed by atoms with Crippen molar-refractivity contribution in [3.63, 3.8) is 0 Å². The molecule has 0 radical (unpaired) electrons. The number of aromatic nitrogens is 1. The highest BCUT2D eigenvalue weighted by molar-refractivity contribution is 7.99. The van der Waals surface area contributed by atoms with Gasteiger partial charge in [-0.15, -0.1) is 0 Å². The lowest BCUT2D eigenvalue weighted by molar-refractivity contribution is -0.245. The number of amides is 1. The van der Waals surface area contributed by atoms with Crippen molar-refractivity contribution < 1.29 is 32.2 Å². The Morgan fingerprint density at radius 3 is 2.03 bits per heavy atom. The Kier molecular flexibility index (Phi) is 14.7. The van der Waals surface area contributed by atoms with Gasteiger partial charge in [0.2, 0.25) is 15.9 Å². The minimum absolute atomic E-state index is 0.0460. The highest BCUT2D eigenvalue weighted by Gasteiger charge is 2.33. The van der Waals surface area contributed by atoms with E-state index in [2.05, 4.69) is 10.0 Å². The molecule has 0 bridgehead atoms. The Morgan fingerprint density at radius 2 is 1.34 bits per heavy atom. The number of rotatable bonds is 17. The second-order valence-electron chi connectivity index (χ2n) is 16.7. The van der Waals surface area contributed by atoms with Gasteiger partial charge in [-0.05, 0) is 58.9 Å². The summed E-state index contributed by atoms with van der Waals surface area (Å²) in [5.74, 6) is 0.834. The minimum atomic E-state index is -4.00. The van der Waals surface area contributed by atoms with Crippen molar-refractivity contribution in [3.8, 4) is 33.7 Å². The van der Waals surface area contributed by atoms with Crippen molar-refractivity contribution in [1.29, 1.82) is 0 Å². The summed E-state index contributed by atoms with van der Waals surface area (Å²) < 4.78 is 49.5. The molecule has 0 aliphatic carbocycles. The average molecular weight is 942 g/mol. The molecule has 1 fully saturated rings. The maximum Gasteiger partial charge on any atom is 0.256 e. The molecule has 4 unspecified atom stereocenters. The number of ether oxygens (including phenoxy) is 2. The van der Waals surface area contributed by atoms with Crippen LogP contribution in [0.2, 0.25) is 0 Å². The van der Waals surface area contributed by atoms with Crippen LogP contribution in [0.25, 0.3) is 33.7 Å². The van der Waals surface area contributed by atoms with Gasteiger partial charge in [-0.2, -0.15) is 4.72 Å². The maximum absolute atomic E-state index is 13.9. The van der Waals surface area contributed by atoms with Gasteiger partial charge in [-0.3, -0.25) is 4.79 Å². The van der Waals surface area contributed by atoms with Crippen LogP contribution in [0.1, 0.15) is 52.2 Å². The number of aliphatic hydroxyl groups excluding tert-OH is 1. The smallest absolute Gasteiger partial charge is 0.256 e. The third-order valence-corrected chi connectivity index (χ3v) is 14.3. The second kappa shape index (κ2) is 21.5. The van der Waals surface area contributed by atoms with Crippen LogP contribution >= 0.6 is 11.8 Å². The zero-order valence-corrected chi connectivity index (χ0v) is 39.0. The number of thioether (sulfide) groups is 1. The van der Waals surface area contributed by atoms with E-state index in [1.807, 2.05) is 171 Å². The predicted molar refractivity (Wildman–Crippen MR) is 266 cm³/mol. The monoisotopic (exact) mass is 941 g/mol. The molecule has 1 aliphatic rings. The largest absolute Gasteiger partial charge is 0.431 e. The van der Waals surface area contributed by atoms with Gasteiger partial charge in [-0.25, -0.2) is 13.4 Å². The number of aliphatic hydroxyl groups is 1. The van der Waals surface area contributed by atoms with Crippen LogP contribution in [0, 0.1) is 6.92 Å². The van der Waals surface area contributed by atoms with Crippen LogP contribution in [0.4, 0.5) is 0 Å². The maximum atomic E-state index is 13.9. The van der Waals surface area contributed by atoms with Gasteiger partial charge in [0, 0.05) is 35.4 Å². The number of aryl methyl sites for hydroxylation is 1. The predicted octanol–water partition coefficient (Wildman–Crippen LogP) is 11.0. The summed E-state index contributed by atoms with van der Waals surface area (Å²) >= 11 is 1.51. The fourth-order valence-electron chi connectivity index (χ4n) is 8.22. The molecule has 0 saturated carbocycles. The lowest BCUT2D eigenvalue weighted by Crippen LogP contribution is -2.47. The third kappa shape index (κ3) is 11.4. The highest BCUT2D eigenvalue weighted by atomic mass is 32.2. The zero-order valence-electron chi connectivity index (χ0n) is 37.4. The quantitative estimate of drug-likeness (QED) is 0.0761. The summed E-state index contributed by atoms with van der Waals surface area (Å²) in [6.07, 6.45) is -0.437. The van der Waals surface area contributed by atoms with Gasteiger partial charge in [0.05, 0.1) is 23.7 Å². The van der Waals surface area contributed by atoms with Crippen molar-refractivity contribution in [3.05, 3.63) is 221 Å². The highest BCUT2D eigenvalue weighted by Crippen LogP contribution is 2.41. The number of hydrogen-bond acceptors (Lipinski definition) is 9. The van der Waals surface area contributed by atoms with E-state index in [1.165, 1.54) is 11.8 Å². The first-order chi connectivity index (χ1) is 33.2. The minimum Gasteiger partial charge on any atom is -0.431 e. The summed E-state index contributed by atoms with van der Waals surface area (Å²) in [7, 11) is -4.00. The normalized spacial score (nSPS) is 16.5. The number of carbonyl (C=O) groups excluding carboxylic acids is 1. The van der Waals surface area contributed by atoms with Gasteiger partial charge in [0.15, 0.2) is 12.1 Å². The molecule has 68 heavy (non-hydrogen) atoms. The van der Waals surface area contributed by atoms with Crippen molar-refractivity contribution in [2.75, 3.05) is 5.75 Å². The molecule has 3 N–H and O–H groups in total. The first-order valence-corrected chi connectivity index (χ1v) is 25.0. The van der Waals surface area contributed by atoms with Gasteiger partial charge in [-0.1, -0.05) is 193 Å². The molecule has 1 saturated heterocycles. The van der Waals surface area contributed by atoms with Crippen molar-refractivity contribution >= 4 is 27.7 Å². The second-order valence-corrected chi connectivity index (χ2v) is 19.4. The fraction of sp³-hybridized carbons (Fsp3) is 0.179. The summed E-state index contributed by atoms with van der Waals surface area (Å²) in [5, 5.41) is 13.3. The Labute approximate surface area is 401 Å². The average Bonchev–Trinajstić information content (AvgIpc) is 3.83. The lowest BCUT2D eigenvalue weighted by Gasteiger charge is -2.36. The topological polar surface area (TPSA) is 140 Å². The summed E-state index contributed by atoms with van der Waals surface area (Å²) in [6, 6.07) is 58.6. The van der Waals surface area contributed by atoms with Gasteiger partial charge in [0.25, 0.3) is 5.22 Å². The first kappa shape index (κ1) is 46.5. The van der Waals surface area contributed by atoms with Crippen molar-refractivity contribution in [2.45, 2.75) is 67.6 Å². The Balaban J connectivity index is 0.919. The van der Waals surface area contributed by atoms with Crippen molar-refractivity contribution in [2.24, 2.45) is 0 Å². The molecule has 7 aromatic carbocycles. The van der Waals surface area contributed by atoms with Crippen LogP contribution < -0.4 is 10.0 Å². The molecular formula is C56H51N3O7S2. The van der Waals surface area contributed by atoms with E-state index in [-0.39, 0.29) is 36.7 Å². The number of carbonyl (C=O) groups is 1. The summed E-state index contributed by atoms with van der Waals surface area (Å²) in [6.45, 7) is 2.01. The zero-order chi connectivity index (χ0) is 46.9. The van der Waals surface area contributed by atoms with Crippen LogP contribution in [0.3, 0.4) is 0 Å². The van der Waals surface area contributed by atoms with Crippen LogP contribution in [-0.2, 0) is 43.9 Å². The number of hydrogen-bond donors (Lipinski definition) is 3. The van der Waals surface area contributed by atoms with Crippen molar-refractivity contribution in [1.82, 2.24) is 15.0 Å². The molecule has 0 spiro atoms. The van der Waals surface area contributed by atoms with Crippen LogP contribution in [-0.4, -0.2) is 42.3 Å². The lowest BCUT2D eigenvalue weighted by atomic mass is 9.97. The number of nitrogens with one attached hydrogen (secondary N) is 2. The fourth-order valence-corrected chi connectivity index (χ4v) is 10.3. The molecule has 2 heterocycles. The van der Waals surface area contributed by atoms with E-state index < -0.39 is 28.3 Å².